The monoisotopic (exact) mass is 231 g/mol. The van der Waals surface area contributed by atoms with Gasteiger partial charge < -0.3 is 14.9 Å². The molecule has 0 bridgehead atoms. The van der Waals surface area contributed by atoms with Crippen LogP contribution in [0.15, 0.2) is 0 Å². The van der Waals surface area contributed by atoms with E-state index >= 15 is 0 Å². The van der Waals surface area contributed by atoms with Crippen molar-refractivity contribution in [2.24, 2.45) is 5.92 Å². The van der Waals surface area contributed by atoms with Crippen molar-refractivity contribution in [3.05, 3.63) is 0 Å². The molecular formula is C10H17NO5. The first-order valence-corrected chi connectivity index (χ1v) is 5.31. The Bertz CT molecular complexity index is 234. The van der Waals surface area contributed by atoms with E-state index < -0.39 is 11.9 Å². The van der Waals surface area contributed by atoms with Crippen molar-refractivity contribution in [2.75, 3.05) is 32.8 Å². The van der Waals surface area contributed by atoms with E-state index in [-0.39, 0.29) is 13.1 Å². The molecule has 1 fully saturated rings. The maximum Gasteiger partial charge on any atom is 0.317 e. The van der Waals surface area contributed by atoms with Gasteiger partial charge in [0.2, 0.25) is 0 Å². The molecule has 0 atom stereocenters. The van der Waals surface area contributed by atoms with Crippen molar-refractivity contribution in [3.63, 3.8) is 0 Å². The summed E-state index contributed by atoms with van der Waals surface area (Å²) in [4.78, 5) is 22.6. The molecule has 1 heterocycles. The zero-order valence-electron chi connectivity index (χ0n) is 9.09. The van der Waals surface area contributed by atoms with Gasteiger partial charge in [-0.25, -0.2) is 0 Å². The lowest BCUT2D eigenvalue weighted by molar-refractivity contribution is -0.142. The van der Waals surface area contributed by atoms with Crippen LogP contribution in [0.25, 0.3) is 0 Å². The van der Waals surface area contributed by atoms with E-state index in [9.17, 15) is 9.59 Å². The van der Waals surface area contributed by atoms with Crippen molar-refractivity contribution in [3.8, 4) is 0 Å². The van der Waals surface area contributed by atoms with Gasteiger partial charge >= 0.3 is 11.9 Å². The summed E-state index contributed by atoms with van der Waals surface area (Å²) in [7, 11) is 0. The van der Waals surface area contributed by atoms with E-state index in [0.717, 1.165) is 12.8 Å². The second-order valence-electron chi connectivity index (χ2n) is 4.01. The molecule has 0 spiro atoms. The van der Waals surface area contributed by atoms with Crippen LogP contribution >= 0.6 is 0 Å². The van der Waals surface area contributed by atoms with Crippen LogP contribution < -0.4 is 0 Å². The number of hydrogen-bond donors (Lipinski definition) is 2. The second kappa shape index (κ2) is 6.44. The van der Waals surface area contributed by atoms with Gasteiger partial charge in [-0.3, -0.25) is 14.5 Å². The first-order valence-electron chi connectivity index (χ1n) is 5.31. The van der Waals surface area contributed by atoms with Gasteiger partial charge in [-0.2, -0.15) is 0 Å². The third-order valence-electron chi connectivity index (χ3n) is 2.58. The molecule has 0 unspecified atom stereocenters. The van der Waals surface area contributed by atoms with E-state index in [1.54, 1.807) is 0 Å². The van der Waals surface area contributed by atoms with Gasteiger partial charge in [0, 0.05) is 19.8 Å². The predicted octanol–water partition coefficient (Wildman–Crippen LogP) is -0.116. The number of rotatable bonds is 6. The first-order chi connectivity index (χ1) is 7.58. The fraction of sp³-hybridized carbons (Fsp3) is 0.800. The lowest BCUT2D eigenvalue weighted by Gasteiger charge is -2.27. The number of hydrogen-bond acceptors (Lipinski definition) is 4. The summed E-state index contributed by atoms with van der Waals surface area (Å²) in [5.41, 5.74) is 0. The molecule has 6 nitrogen and oxygen atoms in total. The highest BCUT2D eigenvalue weighted by atomic mass is 16.5. The predicted molar refractivity (Wildman–Crippen MR) is 55.3 cm³/mol. The van der Waals surface area contributed by atoms with Crippen molar-refractivity contribution in [1.29, 1.82) is 0 Å². The van der Waals surface area contributed by atoms with Gasteiger partial charge in [-0.1, -0.05) is 0 Å². The molecular weight excluding hydrogens is 214 g/mol. The second-order valence-corrected chi connectivity index (χ2v) is 4.01. The fourth-order valence-electron chi connectivity index (χ4n) is 1.86. The number of aliphatic carboxylic acids is 2. The minimum atomic E-state index is -0.992. The number of ether oxygens (including phenoxy) is 1. The molecule has 1 rings (SSSR count). The molecule has 6 heteroatoms. The van der Waals surface area contributed by atoms with Crippen molar-refractivity contribution in [2.45, 2.75) is 12.8 Å². The highest BCUT2D eigenvalue weighted by Crippen LogP contribution is 2.15. The summed E-state index contributed by atoms with van der Waals surface area (Å²) >= 11 is 0. The van der Waals surface area contributed by atoms with Gasteiger partial charge in [0.25, 0.3) is 0 Å². The quantitative estimate of drug-likeness (QED) is 0.663. The minimum Gasteiger partial charge on any atom is -0.480 e. The lowest BCUT2D eigenvalue weighted by Crippen LogP contribution is -2.39. The average molecular weight is 231 g/mol. The SMILES string of the molecule is O=C(O)CN(CC(=O)O)CC1CCOCC1. The molecule has 0 aromatic carbocycles. The van der Waals surface area contributed by atoms with Gasteiger partial charge in [0.1, 0.15) is 0 Å². The Kier molecular flexibility index (Phi) is 5.21. The van der Waals surface area contributed by atoms with E-state index in [1.165, 1.54) is 4.90 Å². The molecule has 0 saturated carbocycles. The zero-order valence-corrected chi connectivity index (χ0v) is 9.09. The molecule has 1 aliphatic rings. The van der Waals surface area contributed by atoms with Crippen LogP contribution in [0.1, 0.15) is 12.8 Å². The number of carboxylic acid groups (broad SMARTS) is 2. The van der Waals surface area contributed by atoms with Gasteiger partial charge in [0.15, 0.2) is 0 Å². The standard InChI is InChI=1S/C10H17NO5/c12-9(13)6-11(7-10(14)15)5-8-1-3-16-4-2-8/h8H,1-7H2,(H,12,13)(H,14,15). The highest BCUT2D eigenvalue weighted by Gasteiger charge is 2.20. The summed E-state index contributed by atoms with van der Waals surface area (Å²) in [6.45, 7) is 1.44. The van der Waals surface area contributed by atoms with Gasteiger partial charge in [-0.05, 0) is 18.8 Å². The topological polar surface area (TPSA) is 87.1 Å². The largest absolute Gasteiger partial charge is 0.480 e. The Balaban J connectivity index is 2.40. The maximum absolute atomic E-state index is 10.6. The normalized spacial score (nSPS) is 17.6. The van der Waals surface area contributed by atoms with Crippen LogP contribution in [0.2, 0.25) is 0 Å². The first kappa shape index (κ1) is 12.9. The summed E-state index contributed by atoms with van der Waals surface area (Å²) < 4.78 is 5.19. The molecule has 0 radical (unpaired) electrons. The van der Waals surface area contributed by atoms with E-state index in [0.29, 0.717) is 25.7 Å². The smallest absolute Gasteiger partial charge is 0.317 e. The molecule has 2 N–H and O–H groups in total. The molecule has 92 valence electrons. The van der Waals surface area contributed by atoms with Crippen LogP contribution in [-0.4, -0.2) is 59.9 Å². The van der Waals surface area contributed by atoms with Crippen molar-refractivity contribution < 1.29 is 24.5 Å². The van der Waals surface area contributed by atoms with Gasteiger partial charge in [-0.15, -0.1) is 0 Å². The molecule has 0 aromatic heterocycles. The zero-order chi connectivity index (χ0) is 12.0. The summed E-state index contributed by atoms with van der Waals surface area (Å²) in [6, 6.07) is 0. The van der Waals surface area contributed by atoms with Crippen LogP contribution in [0, 0.1) is 5.92 Å². The van der Waals surface area contributed by atoms with Crippen molar-refractivity contribution >= 4 is 11.9 Å². The molecule has 0 amide bonds. The molecule has 16 heavy (non-hydrogen) atoms. The molecule has 1 aliphatic heterocycles. The Morgan fingerprint density at radius 1 is 1.12 bits per heavy atom. The van der Waals surface area contributed by atoms with Crippen molar-refractivity contribution in [1.82, 2.24) is 4.90 Å². The summed E-state index contributed by atoms with van der Waals surface area (Å²) in [5.74, 6) is -1.64. The Morgan fingerprint density at radius 2 is 1.62 bits per heavy atom. The highest BCUT2D eigenvalue weighted by molar-refractivity contribution is 5.72. The lowest BCUT2D eigenvalue weighted by atomic mass is 10.00. The van der Waals surface area contributed by atoms with E-state index in [1.807, 2.05) is 0 Å². The van der Waals surface area contributed by atoms with E-state index in [4.69, 9.17) is 14.9 Å². The summed E-state index contributed by atoms with van der Waals surface area (Å²) in [6.07, 6.45) is 1.74. The third-order valence-corrected chi connectivity index (χ3v) is 2.58. The van der Waals surface area contributed by atoms with Crippen LogP contribution in [0.3, 0.4) is 0 Å². The Morgan fingerprint density at radius 3 is 2.06 bits per heavy atom. The van der Waals surface area contributed by atoms with E-state index in [2.05, 4.69) is 0 Å². The third kappa shape index (κ3) is 5.09. The molecule has 1 saturated heterocycles. The Hall–Kier alpha value is -1.14. The maximum atomic E-state index is 10.6. The minimum absolute atomic E-state index is 0.219. The Labute approximate surface area is 93.8 Å². The fourth-order valence-corrected chi connectivity index (χ4v) is 1.86. The average Bonchev–Trinajstić information content (AvgIpc) is 2.16. The number of nitrogens with zero attached hydrogens (tertiary/aromatic N) is 1. The number of carbonyl (C=O) groups is 2. The van der Waals surface area contributed by atoms with Crippen LogP contribution in [0.4, 0.5) is 0 Å². The van der Waals surface area contributed by atoms with Gasteiger partial charge in [0.05, 0.1) is 13.1 Å². The summed E-state index contributed by atoms with van der Waals surface area (Å²) in [5, 5.41) is 17.3. The van der Waals surface area contributed by atoms with Crippen LogP contribution in [-0.2, 0) is 14.3 Å². The molecule has 0 aromatic rings. The number of carboxylic acids is 2. The molecule has 0 aliphatic carbocycles. The van der Waals surface area contributed by atoms with Crippen LogP contribution in [0.5, 0.6) is 0 Å².